The van der Waals surface area contributed by atoms with Crippen LogP contribution in [0.3, 0.4) is 0 Å². The summed E-state index contributed by atoms with van der Waals surface area (Å²) in [6.45, 7) is 3.26. The second kappa shape index (κ2) is 19.8. The van der Waals surface area contributed by atoms with Gasteiger partial charge >= 0.3 is 5.51 Å². The zero-order chi connectivity index (χ0) is 47.6. The Bertz CT molecular complexity index is 2970. The normalized spacial score (nSPS) is 13.5. The minimum atomic E-state index is -5.68. The molecule has 0 unspecified atom stereocenters. The Kier molecular flexibility index (Phi) is 14.6. The summed E-state index contributed by atoms with van der Waals surface area (Å²) in [5.41, 5.74) is -3.98. The first-order valence-electron chi connectivity index (χ1n) is 20.1. The van der Waals surface area contributed by atoms with Crippen molar-refractivity contribution in [2.45, 2.75) is 27.1 Å². The van der Waals surface area contributed by atoms with E-state index in [1.54, 1.807) is 59.8 Å². The van der Waals surface area contributed by atoms with Gasteiger partial charge in [-0.25, -0.2) is 30.3 Å². The molecule has 1 saturated heterocycles. The number of rotatable bonds is 15. The fourth-order valence-corrected chi connectivity index (χ4v) is 10.6. The van der Waals surface area contributed by atoms with Crippen LogP contribution in [0.5, 0.6) is 0 Å². The molecule has 6 aromatic rings. The summed E-state index contributed by atoms with van der Waals surface area (Å²) < 4.78 is 130. The number of hydrogen-bond donors (Lipinski definition) is 3. The summed E-state index contributed by atoms with van der Waals surface area (Å²) in [5, 5.41) is 3.25. The fraction of sp³-hybridized carbons (Fsp3) is 0.222. The molecular formula is C45H42ClF5N6O5S4. The van der Waals surface area contributed by atoms with E-state index in [0.29, 0.717) is 48.2 Å². The molecule has 1 amide bonds. The van der Waals surface area contributed by atoms with Crippen molar-refractivity contribution in [2.24, 2.45) is 7.05 Å². The van der Waals surface area contributed by atoms with Gasteiger partial charge in [-0.2, -0.15) is 13.2 Å². The molecule has 21 heteroatoms. The third-order valence-electron chi connectivity index (χ3n) is 10.7. The van der Waals surface area contributed by atoms with Gasteiger partial charge in [-0.15, -0.1) is 11.8 Å². The number of nitrogens with one attached hydrogen (secondary N) is 3. The van der Waals surface area contributed by atoms with Gasteiger partial charge in [0.15, 0.2) is 5.82 Å². The maximum absolute atomic E-state index is 16.9. The number of hydrogen-bond acceptors (Lipinski definition) is 11. The summed E-state index contributed by atoms with van der Waals surface area (Å²) in [6, 6.07) is 29.3. The van der Waals surface area contributed by atoms with Crippen LogP contribution in [-0.4, -0.2) is 77.6 Å². The molecule has 66 heavy (non-hydrogen) atoms. The molecule has 1 fully saturated rings. The molecule has 0 atom stereocenters. The van der Waals surface area contributed by atoms with Crippen LogP contribution in [0.15, 0.2) is 124 Å². The van der Waals surface area contributed by atoms with Crippen LogP contribution in [0, 0.1) is 18.6 Å². The van der Waals surface area contributed by atoms with Gasteiger partial charge in [-0.05, 0) is 103 Å². The number of thioether (sulfide) groups is 1. The molecule has 0 radical (unpaired) electrons. The van der Waals surface area contributed by atoms with Gasteiger partial charge in [0, 0.05) is 83.0 Å². The summed E-state index contributed by atoms with van der Waals surface area (Å²) >= 11 is 8.56. The molecule has 11 nitrogen and oxygen atoms in total. The average molecular weight is 1010 g/mol. The van der Waals surface area contributed by atoms with Crippen LogP contribution in [0.25, 0.3) is 22.4 Å². The van der Waals surface area contributed by atoms with Crippen LogP contribution in [0.2, 0.25) is 5.02 Å². The number of alkyl halides is 3. The topological polar surface area (TPSA) is 133 Å². The molecule has 1 aliphatic heterocycles. The van der Waals surface area contributed by atoms with Crippen molar-refractivity contribution in [3.05, 3.63) is 137 Å². The van der Waals surface area contributed by atoms with Gasteiger partial charge in [-0.1, -0.05) is 41.9 Å². The lowest BCUT2D eigenvalue weighted by molar-refractivity contribution is -0.0435. The number of carbonyl (C=O) groups excluding carboxylic acids is 1. The number of anilines is 4. The number of halogens is 6. The van der Waals surface area contributed by atoms with E-state index < -0.39 is 53.4 Å². The largest absolute Gasteiger partial charge is 0.501 e. The molecule has 3 N–H and O–H groups in total. The summed E-state index contributed by atoms with van der Waals surface area (Å²) in [5.74, 6) is -2.45. The number of piperazine rings is 1. The average Bonchev–Trinajstić information content (AvgIpc) is 3.53. The second-order valence-corrected chi connectivity index (χ2v) is 21.3. The summed E-state index contributed by atoms with van der Waals surface area (Å²) in [6.07, 6.45) is 0.808. The third-order valence-corrected chi connectivity index (χ3v) is 14.9. The zero-order valence-corrected chi connectivity index (χ0v) is 39.4. The van der Waals surface area contributed by atoms with E-state index in [1.165, 1.54) is 30.0 Å². The highest BCUT2D eigenvalue weighted by atomic mass is 35.5. The van der Waals surface area contributed by atoms with Crippen molar-refractivity contribution in [3.8, 4) is 22.4 Å². The standard InChI is InChI=1S/C45H42ClF5N6O5S4/c1-28-39(44(58)54-65(3,59)60)41(43(55(28)2)29-9-11-30(46)12-10-29)40-35(47)18-20-37(42(40)48)57-24-22-56(23-25-57)32-15-13-31(14-16-32)53-64-34-17-19-36(38(27-34)66(61,62)45(49,50)51)52-21-26-63-33-7-5-4-6-8-33/h4-20,27,52-53H,21-26H2,1-3H3,(H,54,58). The van der Waals surface area contributed by atoms with Gasteiger partial charge in [0.25, 0.3) is 15.7 Å². The van der Waals surface area contributed by atoms with E-state index in [-0.39, 0.29) is 45.3 Å². The molecule has 0 bridgehead atoms. The lowest BCUT2D eigenvalue weighted by Gasteiger charge is -2.37. The Hall–Kier alpha value is -5.41. The molecule has 0 spiro atoms. The highest BCUT2D eigenvalue weighted by Gasteiger charge is 2.48. The first-order valence-corrected chi connectivity index (χ1v) is 25.6. The highest BCUT2D eigenvalue weighted by molar-refractivity contribution is 8.00. The second-order valence-electron chi connectivity index (χ2n) is 15.1. The molecule has 1 aromatic heterocycles. The van der Waals surface area contributed by atoms with Gasteiger partial charge in [0.05, 0.1) is 34.5 Å². The fourth-order valence-electron chi connectivity index (χ4n) is 7.50. The van der Waals surface area contributed by atoms with Crippen molar-refractivity contribution in [1.82, 2.24) is 9.29 Å². The number of nitrogens with zero attached hydrogens (tertiary/aromatic N) is 3. The van der Waals surface area contributed by atoms with Crippen LogP contribution in [0.1, 0.15) is 16.1 Å². The molecule has 0 saturated carbocycles. The Labute approximate surface area is 392 Å². The molecule has 2 heterocycles. The molecule has 1 aliphatic rings. The van der Waals surface area contributed by atoms with Crippen molar-refractivity contribution in [1.29, 1.82) is 0 Å². The maximum atomic E-state index is 16.9. The lowest BCUT2D eigenvalue weighted by Crippen LogP contribution is -2.46. The Morgan fingerprint density at radius 1 is 0.803 bits per heavy atom. The van der Waals surface area contributed by atoms with Gasteiger partial charge in [-0.3, -0.25) is 4.79 Å². The number of carbonyl (C=O) groups is 1. The molecular weight excluding hydrogens is 963 g/mol. The third kappa shape index (κ3) is 10.7. The van der Waals surface area contributed by atoms with Crippen LogP contribution < -0.4 is 24.6 Å². The van der Waals surface area contributed by atoms with Gasteiger partial charge in [0.2, 0.25) is 10.0 Å². The van der Waals surface area contributed by atoms with Crippen molar-refractivity contribution >= 4 is 83.8 Å². The number of amides is 1. The predicted molar refractivity (Wildman–Crippen MR) is 254 cm³/mol. The van der Waals surface area contributed by atoms with E-state index in [4.69, 9.17) is 11.6 Å². The summed E-state index contributed by atoms with van der Waals surface area (Å²) in [7, 11) is -8.13. The van der Waals surface area contributed by atoms with E-state index in [2.05, 4.69) is 14.9 Å². The Morgan fingerprint density at radius 3 is 2.09 bits per heavy atom. The first-order chi connectivity index (χ1) is 31.2. The van der Waals surface area contributed by atoms with E-state index in [9.17, 15) is 34.8 Å². The Balaban J connectivity index is 1.05. The molecule has 348 valence electrons. The number of aromatic nitrogens is 1. The summed E-state index contributed by atoms with van der Waals surface area (Å²) in [4.78, 5) is 17.7. The number of sulfone groups is 1. The monoisotopic (exact) mass is 1000 g/mol. The maximum Gasteiger partial charge on any atom is 0.501 e. The van der Waals surface area contributed by atoms with Crippen molar-refractivity contribution < 1.29 is 43.6 Å². The Morgan fingerprint density at radius 2 is 1.45 bits per heavy atom. The molecule has 0 aliphatic carbocycles. The van der Waals surface area contributed by atoms with Crippen LogP contribution in [-0.2, 0) is 26.9 Å². The lowest BCUT2D eigenvalue weighted by atomic mass is 9.95. The van der Waals surface area contributed by atoms with Gasteiger partial charge < -0.3 is 24.4 Å². The quantitative estimate of drug-likeness (QED) is 0.0393. The smallest absolute Gasteiger partial charge is 0.383 e. The van der Waals surface area contributed by atoms with Crippen LogP contribution in [0.4, 0.5) is 44.7 Å². The highest BCUT2D eigenvalue weighted by Crippen LogP contribution is 2.44. The van der Waals surface area contributed by atoms with Crippen LogP contribution >= 0.6 is 35.3 Å². The SMILES string of the molecule is Cc1c(C(=O)NS(C)(=O)=O)c(-c2c(F)ccc(N3CCN(c4ccc(NSc5ccc(NCCSc6ccccc6)c(S(=O)(=O)C(F)(F)F)c5)cc4)CC3)c2F)c(-c2ccc(Cl)cc2)n1C. The molecule has 7 rings (SSSR count). The minimum absolute atomic E-state index is 0.0812. The first kappa shape index (κ1) is 48.5. The van der Waals surface area contributed by atoms with Gasteiger partial charge in [0.1, 0.15) is 10.7 Å². The predicted octanol–water partition coefficient (Wildman–Crippen LogP) is 10.2. The number of benzene rings is 5. The number of sulfonamides is 1. The van der Waals surface area contributed by atoms with E-state index >= 15 is 8.78 Å². The van der Waals surface area contributed by atoms with Crippen molar-refractivity contribution in [2.75, 3.05) is 64.6 Å². The zero-order valence-electron chi connectivity index (χ0n) is 35.4. The minimum Gasteiger partial charge on any atom is -0.383 e. The van der Waals surface area contributed by atoms with E-state index in [0.717, 1.165) is 40.9 Å². The van der Waals surface area contributed by atoms with Crippen molar-refractivity contribution in [3.63, 3.8) is 0 Å². The molecule has 5 aromatic carbocycles. The van der Waals surface area contributed by atoms with E-state index in [1.807, 2.05) is 47.2 Å².